The average Bonchev–Trinajstić information content (AvgIpc) is 3.48. The van der Waals surface area contributed by atoms with Crippen molar-refractivity contribution in [1.29, 1.82) is 0 Å². The number of benzene rings is 2. The maximum Gasteiger partial charge on any atom is 0.294 e. The molecule has 4 aromatic rings. The average molecular weight is 542 g/mol. The number of hydrazone groups is 1. The molecule has 1 aliphatic carbocycles. The standard InChI is InChI=1S/C32H32FN3O4/c1-17-12-18(2)29-22(16-39-27(29)13-17)15-28(37)35-34-24-6-5-7-26-30(24)20(4)31(40-26)32(38)36-19(3)8-9-21-14-23(33)10-11-25(21)36/h10-14,16,19H,5-9,15H2,1-4H3,(H,35,37)/b34-24+. The molecule has 2 aromatic carbocycles. The van der Waals surface area contributed by atoms with Crippen molar-refractivity contribution in [3.05, 3.63) is 87.3 Å². The number of furan rings is 2. The molecule has 0 saturated carbocycles. The molecule has 40 heavy (non-hydrogen) atoms. The van der Waals surface area contributed by atoms with E-state index in [4.69, 9.17) is 8.83 Å². The zero-order valence-electron chi connectivity index (χ0n) is 23.2. The third kappa shape index (κ3) is 4.51. The van der Waals surface area contributed by atoms with Crippen molar-refractivity contribution in [1.82, 2.24) is 5.43 Å². The van der Waals surface area contributed by atoms with Crippen LogP contribution in [0.1, 0.15) is 75.9 Å². The third-order valence-corrected chi connectivity index (χ3v) is 8.07. The second kappa shape index (κ2) is 10.1. The minimum atomic E-state index is -0.306. The van der Waals surface area contributed by atoms with Gasteiger partial charge >= 0.3 is 0 Å². The van der Waals surface area contributed by atoms with Gasteiger partial charge in [-0.25, -0.2) is 9.82 Å². The molecule has 0 fully saturated rings. The van der Waals surface area contributed by atoms with Gasteiger partial charge in [0.2, 0.25) is 5.91 Å². The molecule has 1 atom stereocenters. The quantitative estimate of drug-likeness (QED) is 0.300. The Kier molecular flexibility index (Phi) is 6.56. The van der Waals surface area contributed by atoms with Gasteiger partial charge < -0.3 is 13.7 Å². The summed E-state index contributed by atoms with van der Waals surface area (Å²) in [4.78, 5) is 28.4. The first-order valence-corrected chi connectivity index (χ1v) is 13.8. The summed E-state index contributed by atoms with van der Waals surface area (Å²) in [6.45, 7) is 7.88. The van der Waals surface area contributed by atoms with Crippen molar-refractivity contribution in [2.75, 3.05) is 4.90 Å². The second-order valence-electron chi connectivity index (χ2n) is 11.0. The highest BCUT2D eigenvalue weighted by atomic mass is 19.1. The molecule has 3 heterocycles. The lowest BCUT2D eigenvalue weighted by molar-refractivity contribution is -0.120. The summed E-state index contributed by atoms with van der Waals surface area (Å²) in [6, 6.07) is 8.56. The number of halogens is 1. The topological polar surface area (TPSA) is 88.0 Å². The fourth-order valence-corrected chi connectivity index (χ4v) is 6.22. The molecule has 0 saturated heterocycles. The first-order chi connectivity index (χ1) is 19.2. The van der Waals surface area contributed by atoms with Crippen LogP contribution < -0.4 is 10.3 Å². The molecular formula is C32H32FN3O4. The Morgan fingerprint density at radius 1 is 1.12 bits per heavy atom. The number of hydrogen-bond acceptors (Lipinski definition) is 5. The van der Waals surface area contributed by atoms with Crippen LogP contribution >= 0.6 is 0 Å². The van der Waals surface area contributed by atoms with Gasteiger partial charge in [0, 0.05) is 40.2 Å². The van der Waals surface area contributed by atoms with E-state index in [2.05, 4.69) is 16.6 Å². The SMILES string of the molecule is Cc1cc(C)c2c(CC(=O)N/N=C3\CCCc4oc(C(=O)N5c6ccc(F)cc6CCC5C)c(C)c43)coc2c1. The van der Waals surface area contributed by atoms with E-state index in [0.29, 0.717) is 29.9 Å². The highest BCUT2D eigenvalue weighted by Gasteiger charge is 2.35. The highest BCUT2D eigenvalue weighted by Crippen LogP contribution is 2.36. The van der Waals surface area contributed by atoms with Crippen LogP contribution in [0, 0.1) is 26.6 Å². The van der Waals surface area contributed by atoms with E-state index in [1.54, 1.807) is 17.2 Å². The summed E-state index contributed by atoms with van der Waals surface area (Å²) >= 11 is 0. The molecule has 8 heteroatoms. The summed E-state index contributed by atoms with van der Waals surface area (Å²) in [5.41, 5.74) is 10.2. The molecule has 2 amide bonds. The lowest BCUT2D eigenvalue weighted by Gasteiger charge is -2.34. The van der Waals surface area contributed by atoms with Gasteiger partial charge in [0.25, 0.3) is 5.91 Å². The van der Waals surface area contributed by atoms with Crippen LogP contribution in [0.3, 0.4) is 0 Å². The molecule has 0 bridgehead atoms. The summed E-state index contributed by atoms with van der Waals surface area (Å²) in [6.07, 6.45) is 5.39. The predicted molar refractivity (Wildman–Crippen MR) is 151 cm³/mol. The minimum absolute atomic E-state index is 0.0500. The van der Waals surface area contributed by atoms with Crippen molar-refractivity contribution in [2.45, 2.75) is 72.3 Å². The Labute approximate surface area is 232 Å². The van der Waals surface area contributed by atoms with Crippen LogP contribution in [0.25, 0.3) is 11.0 Å². The van der Waals surface area contributed by atoms with Gasteiger partial charge in [-0.15, -0.1) is 0 Å². The van der Waals surface area contributed by atoms with Crippen LogP contribution in [0.5, 0.6) is 0 Å². The number of nitrogens with zero attached hydrogens (tertiary/aromatic N) is 2. The number of aryl methyl sites for hydroxylation is 4. The molecule has 1 N–H and O–H groups in total. The first kappa shape index (κ1) is 26.0. The van der Waals surface area contributed by atoms with E-state index in [1.165, 1.54) is 12.1 Å². The van der Waals surface area contributed by atoms with Crippen LogP contribution in [0.4, 0.5) is 10.1 Å². The fraction of sp³-hybridized carbons (Fsp3) is 0.344. The molecule has 6 rings (SSSR count). The minimum Gasteiger partial charge on any atom is -0.464 e. The monoisotopic (exact) mass is 541 g/mol. The van der Waals surface area contributed by atoms with Crippen LogP contribution in [-0.4, -0.2) is 23.6 Å². The largest absolute Gasteiger partial charge is 0.464 e. The molecular weight excluding hydrogens is 509 g/mol. The smallest absolute Gasteiger partial charge is 0.294 e. The van der Waals surface area contributed by atoms with Crippen LogP contribution in [0.15, 0.2) is 50.5 Å². The summed E-state index contributed by atoms with van der Waals surface area (Å²) in [5.74, 6) is 0.180. The number of carbonyl (C=O) groups is 2. The maximum absolute atomic E-state index is 13.9. The second-order valence-corrected chi connectivity index (χ2v) is 11.0. The van der Waals surface area contributed by atoms with Crippen molar-refractivity contribution in [2.24, 2.45) is 5.10 Å². The Morgan fingerprint density at radius 2 is 1.95 bits per heavy atom. The Bertz CT molecular complexity index is 1700. The van der Waals surface area contributed by atoms with Crippen molar-refractivity contribution in [3.63, 3.8) is 0 Å². The van der Waals surface area contributed by atoms with E-state index in [-0.39, 0.29) is 35.9 Å². The van der Waals surface area contributed by atoms with Crippen LogP contribution in [0.2, 0.25) is 0 Å². The van der Waals surface area contributed by atoms with Gasteiger partial charge in [0.05, 0.1) is 18.4 Å². The van der Waals surface area contributed by atoms with Crippen molar-refractivity contribution < 1.29 is 22.8 Å². The molecule has 0 radical (unpaired) electrons. The van der Waals surface area contributed by atoms with Gasteiger partial charge in [-0.05, 0) is 94.3 Å². The number of nitrogens with one attached hydrogen (secondary N) is 1. The van der Waals surface area contributed by atoms with Gasteiger partial charge in [0.1, 0.15) is 17.2 Å². The lowest BCUT2D eigenvalue weighted by Crippen LogP contribution is -2.42. The van der Waals surface area contributed by atoms with E-state index in [0.717, 1.165) is 63.7 Å². The molecule has 2 aliphatic rings. The Balaban J connectivity index is 1.25. The van der Waals surface area contributed by atoms with E-state index in [9.17, 15) is 14.0 Å². The number of amides is 2. The number of hydrogen-bond donors (Lipinski definition) is 1. The molecule has 1 aliphatic heterocycles. The number of fused-ring (bicyclic) bond motifs is 3. The number of carbonyl (C=O) groups excluding carboxylic acids is 2. The zero-order chi connectivity index (χ0) is 28.1. The molecule has 7 nitrogen and oxygen atoms in total. The van der Waals surface area contributed by atoms with E-state index >= 15 is 0 Å². The fourth-order valence-electron chi connectivity index (χ4n) is 6.22. The summed E-state index contributed by atoms with van der Waals surface area (Å²) in [5, 5.41) is 5.45. The molecule has 206 valence electrons. The van der Waals surface area contributed by atoms with Gasteiger partial charge in [-0.1, -0.05) is 6.07 Å². The normalized spacial score (nSPS) is 17.7. The summed E-state index contributed by atoms with van der Waals surface area (Å²) < 4.78 is 25.7. The lowest BCUT2D eigenvalue weighted by atomic mass is 9.92. The predicted octanol–water partition coefficient (Wildman–Crippen LogP) is 6.47. The van der Waals surface area contributed by atoms with Gasteiger partial charge in [-0.2, -0.15) is 5.10 Å². The first-order valence-electron chi connectivity index (χ1n) is 13.8. The Hall–Kier alpha value is -4.20. The van der Waals surface area contributed by atoms with Gasteiger partial charge in [0.15, 0.2) is 5.76 Å². The molecule has 1 unspecified atom stereocenters. The third-order valence-electron chi connectivity index (χ3n) is 8.07. The molecule has 0 spiro atoms. The zero-order valence-corrected chi connectivity index (χ0v) is 23.2. The van der Waals surface area contributed by atoms with Crippen molar-refractivity contribution in [3.8, 4) is 0 Å². The number of anilines is 1. The summed E-state index contributed by atoms with van der Waals surface area (Å²) in [7, 11) is 0. The van der Waals surface area contributed by atoms with Crippen molar-refractivity contribution >= 4 is 34.2 Å². The van der Waals surface area contributed by atoms with E-state index < -0.39 is 0 Å². The van der Waals surface area contributed by atoms with Crippen LogP contribution in [-0.2, 0) is 24.1 Å². The van der Waals surface area contributed by atoms with E-state index in [1.807, 2.05) is 33.8 Å². The van der Waals surface area contributed by atoms with Gasteiger partial charge in [-0.3, -0.25) is 9.59 Å². The highest BCUT2D eigenvalue weighted by molar-refractivity contribution is 6.10. The number of rotatable bonds is 4. The Morgan fingerprint density at radius 3 is 2.77 bits per heavy atom. The maximum atomic E-state index is 13.9. The molecule has 2 aromatic heterocycles.